The van der Waals surface area contributed by atoms with Crippen molar-refractivity contribution >= 4 is 23.7 Å². The van der Waals surface area contributed by atoms with E-state index in [1.54, 1.807) is 0 Å². The Balaban J connectivity index is 0. The molecule has 0 unspecified atom stereocenters. The lowest BCUT2D eigenvalue weighted by molar-refractivity contribution is 0.463. The zero-order chi connectivity index (χ0) is 5.41. The van der Waals surface area contributed by atoms with E-state index in [1.165, 1.54) is 14.2 Å². The monoisotopic (exact) mass is 132 g/mol. The van der Waals surface area contributed by atoms with Crippen LogP contribution in [0.5, 0.6) is 0 Å². The summed E-state index contributed by atoms with van der Waals surface area (Å²) in [5.41, 5.74) is 0. The van der Waals surface area contributed by atoms with Gasteiger partial charge in [0.15, 0.2) is 0 Å². The first-order chi connectivity index (χ1) is 2.83. The summed E-state index contributed by atoms with van der Waals surface area (Å²) in [5, 5.41) is 0. The fraction of sp³-hybridized carbons (Fsp3) is 1.00. The van der Waals surface area contributed by atoms with Crippen molar-refractivity contribution in [3.05, 3.63) is 0 Å². The predicted molar refractivity (Wildman–Crippen MR) is 25.7 cm³/mol. The van der Waals surface area contributed by atoms with Gasteiger partial charge in [-0.2, -0.15) is 0 Å². The Morgan fingerprint density at radius 3 is 1.00 bits per heavy atom. The molecule has 0 rings (SSSR count). The van der Waals surface area contributed by atoms with Gasteiger partial charge in [-0.25, -0.2) is 0 Å². The molecule has 2 nitrogen and oxygen atoms in total. The molecule has 0 bridgehead atoms. The summed E-state index contributed by atoms with van der Waals surface area (Å²) in [6.07, 6.45) is 0. The molecule has 0 amide bonds. The molecule has 0 saturated heterocycles. The van der Waals surface area contributed by atoms with E-state index >= 15 is 0 Å². The van der Waals surface area contributed by atoms with Crippen LogP contribution < -0.4 is 0 Å². The van der Waals surface area contributed by atoms with Crippen LogP contribution in [-0.4, -0.2) is 14.2 Å². The minimum atomic E-state index is 1.39. The molecule has 0 aromatic rings. The number of hydrogen-bond donors (Lipinski definition) is 0. The Morgan fingerprint density at radius 2 is 1.00 bits per heavy atom. The van der Waals surface area contributed by atoms with E-state index in [4.69, 9.17) is 0 Å². The number of rotatable bonds is 0. The standard InChI is InChI=1S/2CH3ClO/c2*1-3-2/h2*1H3. The third-order valence-electron chi connectivity index (χ3n) is 0. The third-order valence-corrected chi connectivity index (χ3v) is 0. The number of halogens is 2. The van der Waals surface area contributed by atoms with Crippen molar-refractivity contribution < 1.29 is 8.58 Å². The van der Waals surface area contributed by atoms with E-state index in [2.05, 4.69) is 32.3 Å². The minimum absolute atomic E-state index is 1.39. The van der Waals surface area contributed by atoms with Crippen LogP contribution in [-0.2, 0) is 8.58 Å². The maximum atomic E-state index is 4.50. The summed E-state index contributed by atoms with van der Waals surface area (Å²) >= 11 is 9.00. The Labute approximate surface area is 47.3 Å². The summed E-state index contributed by atoms with van der Waals surface area (Å²) in [4.78, 5) is 0. The normalized spacial score (nSPS) is 6.00. The molecule has 0 spiro atoms. The average Bonchev–Trinajstić information content (AvgIpc) is 1.39. The highest BCUT2D eigenvalue weighted by Crippen LogP contribution is 1.60. The largest absolute Gasteiger partial charge is 0.283 e. The van der Waals surface area contributed by atoms with Crippen molar-refractivity contribution in [1.29, 1.82) is 0 Å². The van der Waals surface area contributed by atoms with Crippen molar-refractivity contribution in [2.45, 2.75) is 0 Å². The summed E-state index contributed by atoms with van der Waals surface area (Å²) in [6.45, 7) is 0. The van der Waals surface area contributed by atoms with Gasteiger partial charge in [-0.05, 0) is 0 Å². The molecule has 0 aliphatic heterocycles. The number of hydrogen-bond acceptors (Lipinski definition) is 2. The second-order valence-corrected chi connectivity index (χ2v) is 0.926. The summed E-state index contributed by atoms with van der Waals surface area (Å²) in [5.74, 6) is 0. The van der Waals surface area contributed by atoms with Gasteiger partial charge in [0.25, 0.3) is 0 Å². The summed E-state index contributed by atoms with van der Waals surface area (Å²) < 4.78 is 7.44. The molecule has 0 saturated carbocycles. The van der Waals surface area contributed by atoms with Crippen LogP contribution in [0, 0.1) is 0 Å². The van der Waals surface area contributed by atoms with Gasteiger partial charge in [0.2, 0.25) is 0 Å². The maximum Gasteiger partial charge on any atom is 0.0606 e. The van der Waals surface area contributed by atoms with Gasteiger partial charge in [-0.3, -0.25) is 8.58 Å². The van der Waals surface area contributed by atoms with E-state index in [0.29, 0.717) is 0 Å². The fourth-order valence-electron chi connectivity index (χ4n) is 0. The second kappa shape index (κ2) is 17.8. The van der Waals surface area contributed by atoms with E-state index in [0.717, 1.165) is 0 Å². The van der Waals surface area contributed by atoms with Crippen molar-refractivity contribution in [2.75, 3.05) is 14.2 Å². The molecule has 0 aliphatic carbocycles. The quantitative estimate of drug-likeness (QED) is 0.499. The van der Waals surface area contributed by atoms with Crippen molar-refractivity contribution in [1.82, 2.24) is 0 Å². The average molecular weight is 133 g/mol. The first kappa shape index (κ1) is 9.71. The van der Waals surface area contributed by atoms with Gasteiger partial charge in [0, 0.05) is 0 Å². The van der Waals surface area contributed by atoms with Crippen LogP contribution in [0.4, 0.5) is 0 Å². The lowest BCUT2D eigenvalue weighted by atomic mass is 11.8. The lowest BCUT2D eigenvalue weighted by Gasteiger charge is -1.54. The van der Waals surface area contributed by atoms with E-state index in [1.807, 2.05) is 0 Å². The first-order valence-electron chi connectivity index (χ1n) is 1.13. The van der Waals surface area contributed by atoms with E-state index in [9.17, 15) is 0 Å². The summed E-state index contributed by atoms with van der Waals surface area (Å²) in [7, 11) is 2.78. The van der Waals surface area contributed by atoms with Crippen LogP contribution in [0.25, 0.3) is 0 Å². The van der Waals surface area contributed by atoms with Crippen LogP contribution in [0.3, 0.4) is 0 Å². The second-order valence-electron chi connectivity index (χ2n) is 0.309. The Morgan fingerprint density at radius 1 is 1.00 bits per heavy atom. The van der Waals surface area contributed by atoms with Crippen LogP contribution in [0.15, 0.2) is 0 Å². The molecule has 0 fully saturated rings. The SMILES string of the molecule is COCl.COCl. The fourth-order valence-corrected chi connectivity index (χ4v) is 0. The Kier molecular flexibility index (Phi) is 28.8. The molecule has 0 heterocycles. The van der Waals surface area contributed by atoms with Gasteiger partial charge in [-0.15, -0.1) is 0 Å². The molecular formula is C2H6Cl2O2. The molecule has 0 N–H and O–H groups in total. The molecule has 0 radical (unpaired) electrons. The van der Waals surface area contributed by atoms with Gasteiger partial charge < -0.3 is 0 Å². The van der Waals surface area contributed by atoms with Crippen LogP contribution in [0.2, 0.25) is 0 Å². The van der Waals surface area contributed by atoms with Crippen molar-refractivity contribution in [3.8, 4) is 0 Å². The van der Waals surface area contributed by atoms with Gasteiger partial charge >= 0.3 is 0 Å². The van der Waals surface area contributed by atoms with Crippen LogP contribution >= 0.6 is 23.7 Å². The minimum Gasteiger partial charge on any atom is -0.283 e. The highest BCUT2D eigenvalue weighted by molar-refractivity contribution is 6.07. The zero-order valence-electron chi connectivity index (χ0n) is 3.57. The van der Waals surface area contributed by atoms with Gasteiger partial charge in [0.05, 0.1) is 38.0 Å². The zero-order valence-corrected chi connectivity index (χ0v) is 5.08. The molecular weight excluding hydrogens is 127 g/mol. The maximum absolute atomic E-state index is 4.50. The Hall–Kier alpha value is 0.500. The van der Waals surface area contributed by atoms with Crippen molar-refractivity contribution in [3.63, 3.8) is 0 Å². The molecule has 40 valence electrons. The van der Waals surface area contributed by atoms with E-state index < -0.39 is 0 Å². The van der Waals surface area contributed by atoms with Crippen molar-refractivity contribution in [2.24, 2.45) is 0 Å². The van der Waals surface area contributed by atoms with Crippen LogP contribution in [0.1, 0.15) is 0 Å². The lowest BCUT2D eigenvalue weighted by Crippen LogP contribution is -1.39. The topological polar surface area (TPSA) is 18.5 Å². The van der Waals surface area contributed by atoms with Gasteiger partial charge in [-0.1, -0.05) is 0 Å². The molecule has 0 atom stereocenters. The smallest absolute Gasteiger partial charge is 0.0606 e. The highest BCUT2D eigenvalue weighted by atomic mass is 35.5. The predicted octanol–water partition coefficient (Wildman–Crippen LogP) is 1.57. The molecule has 6 heavy (non-hydrogen) atoms. The molecule has 0 aliphatic rings. The highest BCUT2D eigenvalue weighted by Gasteiger charge is 1.32. The van der Waals surface area contributed by atoms with Gasteiger partial charge in [0.1, 0.15) is 0 Å². The molecule has 0 aromatic carbocycles. The van der Waals surface area contributed by atoms with E-state index in [-0.39, 0.29) is 0 Å². The summed E-state index contributed by atoms with van der Waals surface area (Å²) in [6, 6.07) is 0. The molecule has 0 aromatic heterocycles. The first-order valence-corrected chi connectivity index (χ1v) is 1.74. The third kappa shape index (κ3) is 221. The molecule has 4 heteroatoms. The Bertz CT molecular complexity index is 11.5.